The van der Waals surface area contributed by atoms with E-state index in [9.17, 15) is 9.90 Å². The zero-order chi connectivity index (χ0) is 22.9. The quantitative estimate of drug-likeness (QED) is 0.435. The van der Waals surface area contributed by atoms with E-state index in [0.29, 0.717) is 12.1 Å². The fraction of sp³-hybridized carbons (Fsp3) is 0.240. The molecule has 0 atom stereocenters. The molecule has 3 aromatic carbocycles. The number of benzene rings is 3. The first-order valence-corrected chi connectivity index (χ1v) is 11.3. The second-order valence-corrected chi connectivity index (χ2v) is 9.93. The molecule has 3 N–H and O–H groups in total. The van der Waals surface area contributed by atoms with Crippen LogP contribution in [0.15, 0.2) is 70.5 Å². The number of aromatic hydroxyl groups is 1. The SMILES string of the molecule is CC(C)(C)c1cc(CCC(N)=O)cc(-n2nc3ccc(Sc4ccccc4)cc3n2)c1O. The van der Waals surface area contributed by atoms with E-state index in [0.717, 1.165) is 32.0 Å². The Morgan fingerprint density at radius 1 is 1.00 bits per heavy atom. The van der Waals surface area contributed by atoms with Gasteiger partial charge in [-0.15, -0.1) is 15.0 Å². The number of primary amides is 1. The maximum absolute atomic E-state index is 11.3. The lowest BCUT2D eigenvalue weighted by molar-refractivity contribution is -0.117. The van der Waals surface area contributed by atoms with Crippen LogP contribution in [0.1, 0.15) is 38.3 Å². The van der Waals surface area contributed by atoms with Gasteiger partial charge in [0.15, 0.2) is 0 Å². The summed E-state index contributed by atoms with van der Waals surface area (Å²) in [5.74, 6) is -0.220. The molecule has 0 radical (unpaired) electrons. The van der Waals surface area contributed by atoms with Crippen LogP contribution in [0.25, 0.3) is 16.7 Å². The molecule has 0 fully saturated rings. The number of nitrogens with two attached hydrogens (primary N) is 1. The molecule has 0 saturated carbocycles. The van der Waals surface area contributed by atoms with Crippen molar-refractivity contribution < 1.29 is 9.90 Å². The van der Waals surface area contributed by atoms with Crippen LogP contribution >= 0.6 is 11.8 Å². The molecule has 0 bridgehead atoms. The van der Waals surface area contributed by atoms with Gasteiger partial charge in [-0.2, -0.15) is 0 Å². The minimum absolute atomic E-state index is 0.138. The van der Waals surface area contributed by atoms with Crippen molar-refractivity contribution in [2.75, 3.05) is 0 Å². The number of phenols is 1. The Morgan fingerprint density at radius 2 is 1.72 bits per heavy atom. The standard InChI is InChI=1S/C25H26N4O2S/c1-25(2,3)19-13-16(9-12-23(26)30)14-22(24(19)31)29-27-20-11-10-18(15-21(20)28-29)32-17-7-5-4-6-8-17/h4-8,10-11,13-15,31H,9,12H2,1-3H3,(H2,26,30). The monoisotopic (exact) mass is 446 g/mol. The first-order chi connectivity index (χ1) is 15.2. The summed E-state index contributed by atoms with van der Waals surface area (Å²) in [6, 6.07) is 19.8. The van der Waals surface area contributed by atoms with Crippen molar-refractivity contribution in [1.82, 2.24) is 15.0 Å². The molecule has 4 rings (SSSR count). The molecule has 1 aromatic heterocycles. The lowest BCUT2D eigenvalue weighted by Gasteiger charge is -2.23. The summed E-state index contributed by atoms with van der Waals surface area (Å²) in [5, 5.41) is 20.3. The summed E-state index contributed by atoms with van der Waals surface area (Å²) in [7, 11) is 0. The third-order valence-corrected chi connectivity index (χ3v) is 6.16. The largest absolute Gasteiger partial charge is 0.505 e. The number of carbonyl (C=O) groups excluding carboxylic acids is 1. The molecule has 0 saturated heterocycles. The van der Waals surface area contributed by atoms with E-state index in [1.807, 2.05) is 69.3 Å². The number of phenolic OH excluding ortho intramolecular Hbond substituents is 1. The molecule has 0 aliphatic rings. The molecular weight excluding hydrogens is 420 g/mol. The van der Waals surface area contributed by atoms with E-state index in [-0.39, 0.29) is 23.5 Å². The van der Waals surface area contributed by atoms with Crippen molar-refractivity contribution >= 4 is 28.7 Å². The van der Waals surface area contributed by atoms with E-state index in [1.54, 1.807) is 11.8 Å². The Kier molecular flexibility index (Phi) is 5.93. The average Bonchev–Trinajstić information content (AvgIpc) is 3.16. The number of carbonyl (C=O) groups is 1. The fourth-order valence-corrected chi connectivity index (χ4v) is 4.38. The summed E-state index contributed by atoms with van der Waals surface area (Å²) in [5.41, 5.74) is 8.69. The number of aromatic nitrogens is 3. The highest BCUT2D eigenvalue weighted by atomic mass is 32.2. The Balaban J connectivity index is 1.75. The summed E-state index contributed by atoms with van der Waals surface area (Å²) >= 11 is 1.66. The molecule has 0 unspecified atom stereocenters. The number of hydrogen-bond donors (Lipinski definition) is 2. The predicted octanol–water partition coefficient (Wildman–Crippen LogP) is 4.99. The van der Waals surface area contributed by atoms with Gasteiger partial charge in [-0.05, 0) is 53.8 Å². The topological polar surface area (TPSA) is 94.0 Å². The molecule has 1 amide bonds. The molecule has 0 spiro atoms. The Labute approximate surface area is 191 Å². The van der Waals surface area contributed by atoms with Gasteiger partial charge < -0.3 is 10.8 Å². The fourth-order valence-electron chi connectivity index (χ4n) is 3.50. The zero-order valence-electron chi connectivity index (χ0n) is 18.4. The van der Waals surface area contributed by atoms with Gasteiger partial charge >= 0.3 is 0 Å². The highest BCUT2D eigenvalue weighted by Crippen LogP contribution is 2.37. The molecular formula is C25H26N4O2S. The predicted molar refractivity (Wildman–Crippen MR) is 127 cm³/mol. The van der Waals surface area contributed by atoms with Crippen LogP contribution < -0.4 is 5.73 Å². The Hall–Kier alpha value is -3.32. The van der Waals surface area contributed by atoms with Gasteiger partial charge in [0.2, 0.25) is 5.91 Å². The number of rotatable bonds is 6. The van der Waals surface area contributed by atoms with Crippen LogP contribution in [-0.4, -0.2) is 26.0 Å². The second-order valence-electron chi connectivity index (χ2n) is 8.78. The zero-order valence-corrected chi connectivity index (χ0v) is 19.2. The highest BCUT2D eigenvalue weighted by molar-refractivity contribution is 7.99. The van der Waals surface area contributed by atoms with E-state index in [2.05, 4.69) is 22.3 Å². The van der Waals surface area contributed by atoms with Crippen molar-refractivity contribution in [2.45, 2.75) is 48.8 Å². The van der Waals surface area contributed by atoms with E-state index in [4.69, 9.17) is 5.73 Å². The molecule has 164 valence electrons. The lowest BCUT2D eigenvalue weighted by Crippen LogP contribution is -2.15. The number of fused-ring (bicyclic) bond motifs is 1. The summed E-state index contributed by atoms with van der Waals surface area (Å²) in [4.78, 5) is 15.0. The molecule has 1 heterocycles. The summed E-state index contributed by atoms with van der Waals surface area (Å²) in [6.07, 6.45) is 0.729. The van der Waals surface area contributed by atoms with Gasteiger partial charge in [-0.3, -0.25) is 4.79 Å². The first-order valence-electron chi connectivity index (χ1n) is 10.5. The van der Waals surface area contributed by atoms with Gasteiger partial charge in [0.1, 0.15) is 22.5 Å². The minimum atomic E-state index is -0.358. The number of nitrogens with zero attached hydrogens (tertiary/aromatic N) is 3. The smallest absolute Gasteiger partial charge is 0.217 e. The number of amides is 1. The van der Waals surface area contributed by atoms with E-state index in [1.165, 1.54) is 4.80 Å². The maximum atomic E-state index is 11.3. The molecule has 4 aromatic rings. The molecule has 7 heteroatoms. The van der Waals surface area contributed by atoms with Crippen molar-refractivity contribution in [1.29, 1.82) is 0 Å². The van der Waals surface area contributed by atoms with Crippen molar-refractivity contribution in [3.05, 3.63) is 71.8 Å². The minimum Gasteiger partial charge on any atom is -0.505 e. The maximum Gasteiger partial charge on any atom is 0.217 e. The first kappa shape index (κ1) is 21.9. The number of hydrogen-bond acceptors (Lipinski definition) is 5. The average molecular weight is 447 g/mol. The number of aryl methyl sites for hydroxylation is 1. The molecule has 6 nitrogen and oxygen atoms in total. The Morgan fingerprint density at radius 3 is 2.41 bits per heavy atom. The Bertz CT molecular complexity index is 1280. The van der Waals surface area contributed by atoms with Crippen LogP contribution in [0.2, 0.25) is 0 Å². The normalized spacial score (nSPS) is 11.7. The van der Waals surface area contributed by atoms with Gasteiger partial charge in [-0.1, -0.05) is 56.8 Å². The van der Waals surface area contributed by atoms with Gasteiger partial charge in [0, 0.05) is 21.8 Å². The molecule has 0 aliphatic heterocycles. The molecule has 0 aliphatic carbocycles. The lowest BCUT2D eigenvalue weighted by atomic mass is 9.84. The van der Waals surface area contributed by atoms with E-state index < -0.39 is 0 Å². The van der Waals surface area contributed by atoms with Crippen LogP contribution in [0, 0.1) is 0 Å². The van der Waals surface area contributed by atoms with E-state index >= 15 is 0 Å². The molecule has 32 heavy (non-hydrogen) atoms. The van der Waals surface area contributed by atoms with Crippen molar-refractivity contribution in [3.8, 4) is 11.4 Å². The summed E-state index contributed by atoms with van der Waals surface area (Å²) < 4.78 is 0. The van der Waals surface area contributed by atoms with Crippen LogP contribution in [0.3, 0.4) is 0 Å². The van der Waals surface area contributed by atoms with Gasteiger partial charge in [0.25, 0.3) is 0 Å². The summed E-state index contributed by atoms with van der Waals surface area (Å²) in [6.45, 7) is 6.09. The third-order valence-electron chi connectivity index (χ3n) is 5.16. The van der Waals surface area contributed by atoms with Crippen LogP contribution in [0.5, 0.6) is 5.75 Å². The van der Waals surface area contributed by atoms with Crippen LogP contribution in [-0.2, 0) is 16.6 Å². The third kappa shape index (κ3) is 4.78. The van der Waals surface area contributed by atoms with Gasteiger partial charge in [-0.25, -0.2) is 0 Å². The van der Waals surface area contributed by atoms with Crippen molar-refractivity contribution in [2.24, 2.45) is 5.73 Å². The second kappa shape index (κ2) is 8.67. The van der Waals surface area contributed by atoms with Gasteiger partial charge in [0.05, 0.1) is 0 Å². The van der Waals surface area contributed by atoms with Crippen molar-refractivity contribution in [3.63, 3.8) is 0 Å². The highest BCUT2D eigenvalue weighted by Gasteiger charge is 2.23. The van der Waals surface area contributed by atoms with Crippen LogP contribution in [0.4, 0.5) is 0 Å².